The lowest BCUT2D eigenvalue weighted by Gasteiger charge is -2.18. The molecule has 1 N–H and O–H groups in total. The third kappa shape index (κ3) is 3.52. The van der Waals surface area contributed by atoms with Crippen LogP contribution < -0.4 is 5.32 Å². The lowest BCUT2D eigenvalue weighted by Crippen LogP contribution is -2.23. The molecule has 0 bridgehead atoms. The maximum absolute atomic E-state index is 13.5. The average Bonchev–Trinajstić information content (AvgIpc) is 2.44. The molecule has 0 saturated carbocycles. The van der Waals surface area contributed by atoms with Gasteiger partial charge in [0.2, 0.25) is 0 Å². The Morgan fingerprint density at radius 3 is 2.84 bits per heavy atom. The van der Waals surface area contributed by atoms with E-state index >= 15 is 0 Å². The van der Waals surface area contributed by atoms with E-state index in [9.17, 15) is 4.39 Å². The number of rotatable bonds is 5. The third-order valence-electron chi connectivity index (χ3n) is 2.99. The summed E-state index contributed by atoms with van der Waals surface area (Å²) in [5, 5.41) is 3.58. The maximum atomic E-state index is 13.5. The van der Waals surface area contributed by atoms with Gasteiger partial charge < -0.3 is 5.32 Å². The van der Waals surface area contributed by atoms with Crippen LogP contribution in [-0.2, 0) is 6.42 Å². The molecular weight excluding hydrogens is 263 g/mol. The SMILES string of the molecule is CCNC(Cc1cccc(F)c1Cl)c1cccnc1. The minimum absolute atomic E-state index is 0.0815. The predicted octanol–water partition coefficient (Wildman–Crippen LogP) is 3.77. The van der Waals surface area contributed by atoms with E-state index in [1.807, 2.05) is 31.3 Å². The summed E-state index contributed by atoms with van der Waals surface area (Å²) in [6.45, 7) is 2.86. The zero-order valence-corrected chi connectivity index (χ0v) is 11.5. The van der Waals surface area contributed by atoms with E-state index in [1.165, 1.54) is 6.07 Å². The van der Waals surface area contributed by atoms with E-state index in [0.29, 0.717) is 6.42 Å². The highest BCUT2D eigenvalue weighted by Gasteiger charge is 2.14. The number of benzene rings is 1. The molecule has 100 valence electrons. The van der Waals surface area contributed by atoms with Crippen LogP contribution in [0, 0.1) is 5.82 Å². The van der Waals surface area contributed by atoms with E-state index in [4.69, 9.17) is 11.6 Å². The molecule has 1 atom stereocenters. The number of hydrogen-bond acceptors (Lipinski definition) is 2. The number of nitrogens with zero attached hydrogens (tertiary/aromatic N) is 1. The second kappa shape index (κ2) is 6.64. The summed E-state index contributed by atoms with van der Waals surface area (Å²) >= 11 is 6.01. The molecule has 0 saturated heterocycles. The number of aromatic nitrogens is 1. The van der Waals surface area contributed by atoms with Crippen LogP contribution in [0.5, 0.6) is 0 Å². The maximum Gasteiger partial charge on any atom is 0.142 e. The van der Waals surface area contributed by atoms with Gasteiger partial charge >= 0.3 is 0 Å². The molecule has 1 unspecified atom stereocenters. The van der Waals surface area contributed by atoms with E-state index in [-0.39, 0.29) is 16.9 Å². The van der Waals surface area contributed by atoms with E-state index in [1.54, 1.807) is 12.3 Å². The zero-order valence-electron chi connectivity index (χ0n) is 10.7. The Balaban J connectivity index is 2.24. The first-order chi connectivity index (χ1) is 9.22. The Morgan fingerprint density at radius 2 is 2.16 bits per heavy atom. The minimum atomic E-state index is -0.374. The summed E-state index contributed by atoms with van der Waals surface area (Å²) in [4.78, 5) is 4.12. The molecule has 4 heteroatoms. The van der Waals surface area contributed by atoms with E-state index in [2.05, 4.69) is 10.3 Å². The summed E-state index contributed by atoms with van der Waals surface area (Å²) in [5.74, 6) is -0.374. The van der Waals surface area contributed by atoms with Gasteiger partial charge in [0.25, 0.3) is 0 Å². The summed E-state index contributed by atoms with van der Waals surface area (Å²) < 4.78 is 13.5. The van der Waals surface area contributed by atoms with Crippen LogP contribution in [0.3, 0.4) is 0 Å². The van der Waals surface area contributed by atoms with Crippen molar-refractivity contribution < 1.29 is 4.39 Å². The third-order valence-corrected chi connectivity index (χ3v) is 3.42. The van der Waals surface area contributed by atoms with Crippen molar-refractivity contribution in [1.29, 1.82) is 0 Å². The lowest BCUT2D eigenvalue weighted by molar-refractivity contribution is 0.545. The van der Waals surface area contributed by atoms with Gasteiger partial charge in [-0.1, -0.05) is 36.7 Å². The van der Waals surface area contributed by atoms with Crippen molar-refractivity contribution in [3.05, 3.63) is 64.7 Å². The molecular formula is C15H16ClFN2. The highest BCUT2D eigenvalue weighted by Crippen LogP contribution is 2.25. The summed E-state index contributed by atoms with van der Waals surface area (Å²) in [6, 6.07) is 8.89. The highest BCUT2D eigenvalue weighted by atomic mass is 35.5. The molecule has 2 nitrogen and oxygen atoms in total. The number of pyridine rings is 1. The smallest absolute Gasteiger partial charge is 0.142 e. The van der Waals surface area contributed by atoms with Gasteiger partial charge in [0.15, 0.2) is 0 Å². The normalized spacial score (nSPS) is 12.4. The fourth-order valence-electron chi connectivity index (χ4n) is 2.06. The second-order valence-corrected chi connectivity index (χ2v) is 4.69. The molecule has 0 amide bonds. The predicted molar refractivity (Wildman–Crippen MR) is 75.8 cm³/mol. The molecule has 2 aromatic rings. The van der Waals surface area contributed by atoms with Gasteiger partial charge in [0, 0.05) is 18.4 Å². The molecule has 19 heavy (non-hydrogen) atoms. The first-order valence-corrected chi connectivity index (χ1v) is 6.66. The fraction of sp³-hybridized carbons (Fsp3) is 0.267. The van der Waals surface area contributed by atoms with Crippen molar-refractivity contribution in [3.63, 3.8) is 0 Å². The van der Waals surface area contributed by atoms with Crippen molar-refractivity contribution >= 4 is 11.6 Å². The molecule has 0 spiro atoms. The molecule has 1 heterocycles. The van der Waals surface area contributed by atoms with Gasteiger partial charge in [-0.15, -0.1) is 0 Å². The van der Waals surface area contributed by atoms with Crippen LogP contribution in [0.1, 0.15) is 24.1 Å². The van der Waals surface area contributed by atoms with Crippen LogP contribution >= 0.6 is 11.6 Å². The van der Waals surface area contributed by atoms with Crippen molar-refractivity contribution in [2.75, 3.05) is 6.54 Å². The lowest BCUT2D eigenvalue weighted by atomic mass is 10.00. The van der Waals surface area contributed by atoms with Gasteiger partial charge in [-0.2, -0.15) is 0 Å². The highest BCUT2D eigenvalue weighted by molar-refractivity contribution is 6.31. The van der Waals surface area contributed by atoms with Gasteiger partial charge in [0.05, 0.1) is 5.02 Å². The number of likely N-dealkylation sites (N-methyl/N-ethyl adjacent to an activating group) is 1. The zero-order chi connectivity index (χ0) is 13.7. The van der Waals surface area contributed by atoms with Crippen LogP contribution in [0.2, 0.25) is 5.02 Å². The van der Waals surface area contributed by atoms with Gasteiger partial charge in [0.1, 0.15) is 5.82 Å². The quantitative estimate of drug-likeness (QED) is 0.901. The molecule has 0 aliphatic carbocycles. The van der Waals surface area contributed by atoms with E-state index in [0.717, 1.165) is 17.7 Å². The standard InChI is InChI=1S/C15H16ClFN2/c1-2-19-14(12-6-4-8-18-10-12)9-11-5-3-7-13(17)15(11)16/h3-8,10,14,19H,2,9H2,1H3. The Morgan fingerprint density at radius 1 is 1.32 bits per heavy atom. The molecule has 1 aromatic carbocycles. The molecule has 0 aliphatic heterocycles. The minimum Gasteiger partial charge on any atom is -0.310 e. The first-order valence-electron chi connectivity index (χ1n) is 6.28. The molecule has 2 rings (SSSR count). The Labute approximate surface area is 117 Å². The van der Waals surface area contributed by atoms with Gasteiger partial charge in [-0.05, 0) is 36.2 Å². The van der Waals surface area contributed by atoms with Crippen LogP contribution in [0.15, 0.2) is 42.7 Å². The van der Waals surface area contributed by atoms with Gasteiger partial charge in [-0.3, -0.25) is 4.98 Å². The van der Waals surface area contributed by atoms with Crippen molar-refractivity contribution in [2.45, 2.75) is 19.4 Å². The Bertz CT molecular complexity index is 531. The first kappa shape index (κ1) is 14.0. The molecule has 0 aliphatic rings. The summed E-state index contributed by atoms with van der Waals surface area (Å²) in [7, 11) is 0. The topological polar surface area (TPSA) is 24.9 Å². The monoisotopic (exact) mass is 278 g/mol. The molecule has 0 fully saturated rings. The fourth-order valence-corrected chi connectivity index (χ4v) is 2.27. The van der Waals surface area contributed by atoms with Crippen LogP contribution in [-0.4, -0.2) is 11.5 Å². The molecule has 0 radical (unpaired) electrons. The number of hydrogen-bond donors (Lipinski definition) is 1. The van der Waals surface area contributed by atoms with Crippen LogP contribution in [0.25, 0.3) is 0 Å². The van der Waals surface area contributed by atoms with Gasteiger partial charge in [-0.25, -0.2) is 4.39 Å². The summed E-state index contributed by atoms with van der Waals surface area (Å²) in [6.07, 6.45) is 4.19. The summed E-state index contributed by atoms with van der Waals surface area (Å²) in [5.41, 5.74) is 1.88. The van der Waals surface area contributed by atoms with Crippen LogP contribution in [0.4, 0.5) is 4.39 Å². The Hall–Kier alpha value is -1.45. The number of nitrogens with one attached hydrogen (secondary N) is 1. The molecule has 1 aromatic heterocycles. The van der Waals surface area contributed by atoms with E-state index < -0.39 is 0 Å². The Kier molecular flexibility index (Phi) is 4.88. The second-order valence-electron chi connectivity index (χ2n) is 4.31. The average molecular weight is 279 g/mol. The largest absolute Gasteiger partial charge is 0.310 e. The van der Waals surface area contributed by atoms with Crippen molar-refractivity contribution in [1.82, 2.24) is 10.3 Å². The van der Waals surface area contributed by atoms with Crippen molar-refractivity contribution in [3.8, 4) is 0 Å². The van der Waals surface area contributed by atoms with Crippen molar-refractivity contribution in [2.24, 2.45) is 0 Å². The number of halogens is 2.